The first-order chi connectivity index (χ1) is 15.0. The number of hydrogen-bond acceptors (Lipinski definition) is 4. The topological polar surface area (TPSA) is 58.6 Å². The summed E-state index contributed by atoms with van der Waals surface area (Å²) in [6, 6.07) is 18.9. The van der Waals surface area contributed by atoms with Crippen molar-refractivity contribution in [2.45, 2.75) is 12.3 Å². The lowest BCUT2D eigenvalue weighted by atomic mass is 10.1. The smallest absolute Gasteiger partial charge is 0.255 e. The van der Waals surface area contributed by atoms with Gasteiger partial charge in [0.15, 0.2) is 0 Å². The fraction of sp³-hybridized carbons (Fsp3) is 0.167. The van der Waals surface area contributed by atoms with Crippen molar-refractivity contribution in [1.82, 2.24) is 0 Å². The van der Waals surface area contributed by atoms with Crippen LogP contribution in [0.25, 0.3) is 0 Å². The molecule has 1 fully saturated rings. The molecular weight excluding hydrogens is 415 g/mol. The first-order valence-electron chi connectivity index (χ1n) is 9.71. The lowest BCUT2D eigenvalue weighted by Crippen LogP contribution is -2.28. The lowest BCUT2D eigenvalue weighted by molar-refractivity contribution is -0.115. The molecule has 1 saturated heterocycles. The van der Waals surface area contributed by atoms with E-state index in [2.05, 4.69) is 5.32 Å². The molecule has 1 heterocycles. The quantitative estimate of drug-likeness (QED) is 0.599. The van der Waals surface area contributed by atoms with Gasteiger partial charge in [-0.05, 0) is 66.6 Å². The predicted molar refractivity (Wildman–Crippen MR) is 121 cm³/mol. The van der Waals surface area contributed by atoms with E-state index >= 15 is 0 Å². The van der Waals surface area contributed by atoms with Gasteiger partial charge in [0.05, 0.1) is 18.6 Å². The number of carbonyl (C=O) groups excluding carboxylic acids is 2. The Morgan fingerprint density at radius 1 is 1.10 bits per heavy atom. The van der Waals surface area contributed by atoms with Gasteiger partial charge in [-0.15, -0.1) is 11.8 Å². The van der Waals surface area contributed by atoms with E-state index in [1.165, 1.54) is 22.7 Å². The fourth-order valence-corrected chi connectivity index (χ4v) is 4.58. The van der Waals surface area contributed by atoms with E-state index in [9.17, 15) is 14.0 Å². The zero-order chi connectivity index (χ0) is 22.0. The Bertz CT molecular complexity index is 1120. The van der Waals surface area contributed by atoms with Gasteiger partial charge < -0.3 is 10.1 Å². The van der Waals surface area contributed by atoms with Crippen LogP contribution in [0.3, 0.4) is 0 Å². The summed E-state index contributed by atoms with van der Waals surface area (Å²) in [7, 11) is 1.57. The van der Waals surface area contributed by atoms with E-state index in [0.717, 1.165) is 11.1 Å². The Labute approximate surface area is 184 Å². The third-order valence-electron chi connectivity index (χ3n) is 5.03. The highest BCUT2D eigenvalue weighted by atomic mass is 32.2. The Morgan fingerprint density at radius 2 is 1.81 bits per heavy atom. The molecule has 31 heavy (non-hydrogen) atoms. The van der Waals surface area contributed by atoms with Crippen molar-refractivity contribution >= 4 is 35.0 Å². The van der Waals surface area contributed by atoms with Gasteiger partial charge in [0, 0.05) is 11.3 Å². The van der Waals surface area contributed by atoms with Crippen LogP contribution in [0, 0.1) is 12.7 Å². The van der Waals surface area contributed by atoms with Crippen LogP contribution in [0.2, 0.25) is 0 Å². The molecule has 0 aliphatic carbocycles. The summed E-state index contributed by atoms with van der Waals surface area (Å²) >= 11 is 1.45. The molecule has 1 N–H and O–H groups in total. The van der Waals surface area contributed by atoms with Crippen LogP contribution >= 0.6 is 11.8 Å². The van der Waals surface area contributed by atoms with Crippen LogP contribution in [-0.4, -0.2) is 24.7 Å². The summed E-state index contributed by atoms with van der Waals surface area (Å²) in [6.07, 6.45) is 0. The highest BCUT2D eigenvalue weighted by Gasteiger charge is 2.35. The van der Waals surface area contributed by atoms with E-state index in [0.29, 0.717) is 17.0 Å². The second kappa shape index (κ2) is 8.81. The molecule has 0 unspecified atom stereocenters. The van der Waals surface area contributed by atoms with E-state index in [-0.39, 0.29) is 28.6 Å². The summed E-state index contributed by atoms with van der Waals surface area (Å²) in [5, 5.41) is 2.53. The molecule has 0 saturated carbocycles. The second-order valence-electron chi connectivity index (χ2n) is 7.19. The van der Waals surface area contributed by atoms with E-state index in [1.807, 2.05) is 19.1 Å². The second-order valence-corrected chi connectivity index (χ2v) is 8.26. The van der Waals surface area contributed by atoms with Gasteiger partial charge in [0.2, 0.25) is 5.91 Å². The average Bonchev–Trinajstić information content (AvgIpc) is 3.17. The van der Waals surface area contributed by atoms with Gasteiger partial charge in [-0.3, -0.25) is 14.5 Å². The van der Waals surface area contributed by atoms with Crippen molar-refractivity contribution in [1.29, 1.82) is 0 Å². The largest absolute Gasteiger partial charge is 0.497 e. The van der Waals surface area contributed by atoms with Crippen molar-refractivity contribution in [3.63, 3.8) is 0 Å². The normalized spacial score (nSPS) is 15.8. The molecule has 3 aromatic rings. The van der Waals surface area contributed by atoms with Crippen molar-refractivity contribution in [2.75, 3.05) is 23.1 Å². The number of benzene rings is 3. The number of halogens is 1. The molecule has 0 bridgehead atoms. The maximum Gasteiger partial charge on any atom is 0.255 e. The van der Waals surface area contributed by atoms with Gasteiger partial charge in [0.1, 0.15) is 16.9 Å². The summed E-state index contributed by atoms with van der Waals surface area (Å²) in [5.74, 6) is 0.184. The molecule has 0 spiro atoms. The van der Waals surface area contributed by atoms with Gasteiger partial charge in [0.25, 0.3) is 5.91 Å². The Hall–Kier alpha value is -3.32. The first kappa shape index (κ1) is 20.9. The molecule has 2 amide bonds. The van der Waals surface area contributed by atoms with Gasteiger partial charge in [-0.2, -0.15) is 0 Å². The number of nitrogens with one attached hydrogen (secondary N) is 1. The number of carbonyl (C=O) groups is 2. The monoisotopic (exact) mass is 436 g/mol. The van der Waals surface area contributed by atoms with Crippen molar-refractivity contribution in [2.24, 2.45) is 0 Å². The number of nitrogens with zero attached hydrogens (tertiary/aromatic N) is 1. The standard InChI is InChI=1S/C24H21FN2O3S/c1-15-3-12-20(25)21(13-15)27-22(28)14-31-24(27)17-4-8-18(9-5-17)26-23(29)16-6-10-19(30-2)11-7-16/h3-13,24H,14H2,1-2H3,(H,26,29)/t24-/m1/s1. The summed E-state index contributed by atoms with van der Waals surface area (Å²) < 4.78 is 19.5. The molecule has 7 heteroatoms. The fourth-order valence-electron chi connectivity index (χ4n) is 3.42. The van der Waals surface area contributed by atoms with Crippen LogP contribution in [0.5, 0.6) is 5.75 Å². The number of amides is 2. The summed E-state index contributed by atoms with van der Waals surface area (Å²) in [5.41, 5.74) is 3.18. The highest BCUT2D eigenvalue weighted by molar-refractivity contribution is 8.00. The number of hydrogen-bond donors (Lipinski definition) is 1. The molecule has 1 atom stereocenters. The Balaban J connectivity index is 1.52. The molecule has 158 valence electrons. The number of rotatable bonds is 5. The van der Waals surface area contributed by atoms with Gasteiger partial charge in [-0.1, -0.05) is 18.2 Å². The number of aryl methyl sites for hydroxylation is 1. The minimum absolute atomic E-state index is 0.128. The molecule has 1 aliphatic heterocycles. The molecular formula is C24H21FN2O3S. The van der Waals surface area contributed by atoms with Crippen LogP contribution < -0.4 is 15.0 Å². The van der Waals surface area contributed by atoms with Crippen molar-refractivity contribution < 1.29 is 18.7 Å². The van der Waals surface area contributed by atoms with Crippen LogP contribution in [-0.2, 0) is 4.79 Å². The van der Waals surface area contributed by atoms with Crippen molar-refractivity contribution in [3.05, 3.63) is 89.2 Å². The highest BCUT2D eigenvalue weighted by Crippen LogP contribution is 2.43. The van der Waals surface area contributed by atoms with E-state index in [4.69, 9.17) is 4.74 Å². The zero-order valence-corrected chi connectivity index (χ0v) is 17.9. The Kier molecular flexibility index (Phi) is 5.95. The van der Waals surface area contributed by atoms with E-state index < -0.39 is 5.82 Å². The van der Waals surface area contributed by atoms with E-state index in [1.54, 1.807) is 55.6 Å². The van der Waals surface area contributed by atoms with Gasteiger partial charge >= 0.3 is 0 Å². The number of methoxy groups -OCH3 is 1. The maximum atomic E-state index is 14.4. The minimum atomic E-state index is -0.421. The molecule has 3 aromatic carbocycles. The number of ether oxygens (including phenoxy) is 1. The van der Waals surface area contributed by atoms with Gasteiger partial charge in [-0.25, -0.2) is 4.39 Å². The first-order valence-corrected chi connectivity index (χ1v) is 10.8. The third-order valence-corrected chi connectivity index (χ3v) is 6.25. The third kappa shape index (κ3) is 4.41. The Morgan fingerprint density at radius 3 is 2.48 bits per heavy atom. The summed E-state index contributed by atoms with van der Waals surface area (Å²) in [6.45, 7) is 1.87. The van der Waals surface area contributed by atoms with Crippen molar-refractivity contribution in [3.8, 4) is 5.75 Å². The SMILES string of the molecule is COc1ccc(C(=O)Nc2ccc([C@H]3SCC(=O)N3c3cc(C)ccc3F)cc2)cc1. The number of thioether (sulfide) groups is 1. The predicted octanol–water partition coefficient (Wildman–Crippen LogP) is 5.17. The number of anilines is 2. The van der Waals surface area contributed by atoms with Crippen LogP contribution in [0.1, 0.15) is 26.9 Å². The van der Waals surface area contributed by atoms with Crippen LogP contribution in [0.4, 0.5) is 15.8 Å². The zero-order valence-electron chi connectivity index (χ0n) is 17.1. The lowest BCUT2D eigenvalue weighted by Gasteiger charge is -2.25. The molecule has 5 nitrogen and oxygen atoms in total. The molecule has 1 aliphatic rings. The molecule has 4 rings (SSSR count). The minimum Gasteiger partial charge on any atom is -0.497 e. The molecule has 0 aromatic heterocycles. The molecule has 0 radical (unpaired) electrons. The summed E-state index contributed by atoms with van der Waals surface area (Å²) in [4.78, 5) is 26.5. The average molecular weight is 437 g/mol. The van der Waals surface area contributed by atoms with Crippen LogP contribution in [0.15, 0.2) is 66.7 Å². The maximum absolute atomic E-state index is 14.4.